The summed E-state index contributed by atoms with van der Waals surface area (Å²) in [7, 11) is 0. The van der Waals surface area contributed by atoms with E-state index in [4.69, 9.17) is 0 Å². The molecule has 1 fully saturated rings. The Morgan fingerprint density at radius 1 is 1.29 bits per heavy atom. The maximum Gasteiger partial charge on any atom is 0.251 e. The first kappa shape index (κ1) is 12.0. The number of phenols is 1. The third-order valence-electron chi connectivity index (χ3n) is 3.46. The van der Waals surface area contributed by atoms with Crippen LogP contribution in [0.1, 0.15) is 43.0 Å². The number of amides is 1. The Balaban J connectivity index is 1.93. The summed E-state index contributed by atoms with van der Waals surface area (Å²) in [5, 5.41) is 12.4. The molecule has 1 aromatic rings. The van der Waals surface area contributed by atoms with E-state index in [1.807, 2.05) is 0 Å². The lowest BCUT2D eigenvalue weighted by Gasteiger charge is -2.26. The van der Waals surface area contributed by atoms with Crippen LogP contribution in [-0.4, -0.2) is 17.1 Å². The quantitative estimate of drug-likeness (QED) is 0.825. The molecule has 0 spiro atoms. The van der Waals surface area contributed by atoms with Gasteiger partial charge >= 0.3 is 0 Å². The zero-order valence-corrected chi connectivity index (χ0v) is 10.1. The molecule has 2 N–H and O–H groups in total. The van der Waals surface area contributed by atoms with Crippen molar-refractivity contribution < 1.29 is 9.90 Å². The van der Waals surface area contributed by atoms with Gasteiger partial charge in [-0.2, -0.15) is 0 Å². The van der Waals surface area contributed by atoms with Gasteiger partial charge in [0.25, 0.3) is 5.91 Å². The first-order valence-electron chi connectivity index (χ1n) is 6.25. The number of hydrogen-bond acceptors (Lipinski definition) is 2. The standard InChI is InChI=1S/C14H19NO2/c1-10-5-7-12(8-6-10)15-14(17)11-3-2-4-13(16)9-11/h2-4,9-10,12,16H,5-8H2,1H3,(H,15,17). The van der Waals surface area contributed by atoms with Crippen molar-refractivity contribution in [2.75, 3.05) is 0 Å². The summed E-state index contributed by atoms with van der Waals surface area (Å²) in [5.74, 6) is 0.833. The van der Waals surface area contributed by atoms with Gasteiger partial charge in [-0.25, -0.2) is 0 Å². The Hall–Kier alpha value is -1.51. The van der Waals surface area contributed by atoms with Gasteiger partial charge in [-0.3, -0.25) is 4.79 Å². The molecule has 0 heterocycles. The third-order valence-corrected chi connectivity index (χ3v) is 3.46. The highest BCUT2D eigenvalue weighted by Gasteiger charge is 2.20. The molecule has 0 aliphatic heterocycles. The molecule has 17 heavy (non-hydrogen) atoms. The number of rotatable bonds is 2. The van der Waals surface area contributed by atoms with E-state index in [1.54, 1.807) is 18.2 Å². The van der Waals surface area contributed by atoms with Crippen LogP contribution in [0, 0.1) is 5.92 Å². The zero-order valence-electron chi connectivity index (χ0n) is 10.1. The van der Waals surface area contributed by atoms with Crippen molar-refractivity contribution in [3.63, 3.8) is 0 Å². The minimum Gasteiger partial charge on any atom is -0.508 e. The smallest absolute Gasteiger partial charge is 0.251 e. The van der Waals surface area contributed by atoms with E-state index in [-0.39, 0.29) is 11.7 Å². The van der Waals surface area contributed by atoms with Crippen molar-refractivity contribution >= 4 is 5.91 Å². The van der Waals surface area contributed by atoms with E-state index in [2.05, 4.69) is 12.2 Å². The van der Waals surface area contributed by atoms with Gasteiger partial charge in [0.2, 0.25) is 0 Å². The molecule has 0 bridgehead atoms. The lowest BCUT2D eigenvalue weighted by molar-refractivity contribution is 0.0922. The molecule has 2 rings (SSSR count). The number of phenolic OH excluding ortho intramolecular Hbond substituents is 1. The van der Waals surface area contributed by atoms with Gasteiger partial charge in [0.1, 0.15) is 5.75 Å². The SMILES string of the molecule is CC1CCC(NC(=O)c2cccc(O)c2)CC1. The van der Waals surface area contributed by atoms with Gasteiger partial charge in [0.05, 0.1) is 0 Å². The largest absolute Gasteiger partial charge is 0.508 e. The van der Waals surface area contributed by atoms with Crippen LogP contribution < -0.4 is 5.32 Å². The summed E-state index contributed by atoms with van der Waals surface area (Å²) in [6.07, 6.45) is 4.49. The normalized spacial score (nSPS) is 24.3. The molecule has 0 unspecified atom stereocenters. The zero-order chi connectivity index (χ0) is 12.3. The molecule has 1 aliphatic rings. The van der Waals surface area contributed by atoms with Crippen molar-refractivity contribution in [2.45, 2.75) is 38.6 Å². The summed E-state index contributed by atoms with van der Waals surface area (Å²) in [4.78, 5) is 11.9. The van der Waals surface area contributed by atoms with Crippen molar-refractivity contribution in [2.24, 2.45) is 5.92 Å². The number of hydrogen-bond donors (Lipinski definition) is 2. The second kappa shape index (κ2) is 5.21. The summed E-state index contributed by atoms with van der Waals surface area (Å²) in [6.45, 7) is 2.26. The first-order chi connectivity index (χ1) is 8.15. The number of carbonyl (C=O) groups is 1. The third kappa shape index (κ3) is 3.22. The highest BCUT2D eigenvalue weighted by Crippen LogP contribution is 2.23. The Morgan fingerprint density at radius 2 is 2.00 bits per heavy atom. The van der Waals surface area contributed by atoms with Crippen LogP contribution >= 0.6 is 0 Å². The topological polar surface area (TPSA) is 49.3 Å². The van der Waals surface area contributed by atoms with E-state index in [1.165, 1.54) is 18.9 Å². The average Bonchev–Trinajstić information content (AvgIpc) is 2.32. The highest BCUT2D eigenvalue weighted by atomic mass is 16.3. The maximum absolute atomic E-state index is 11.9. The number of aromatic hydroxyl groups is 1. The van der Waals surface area contributed by atoms with Crippen LogP contribution in [0.15, 0.2) is 24.3 Å². The fourth-order valence-corrected chi connectivity index (χ4v) is 2.32. The summed E-state index contributed by atoms with van der Waals surface area (Å²) >= 11 is 0. The van der Waals surface area contributed by atoms with Crippen LogP contribution in [0.5, 0.6) is 5.75 Å². The minimum absolute atomic E-state index is 0.0829. The molecule has 1 saturated carbocycles. The Labute approximate surface area is 102 Å². The lowest BCUT2D eigenvalue weighted by atomic mass is 9.87. The number of carbonyl (C=O) groups excluding carboxylic acids is 1. The molecule has 1 amide bonds. The van der Waals surface area contributed by atoms with Crippen LogP contribution in [0.25, 0.3) is 0 Å². The Morgan fingerprint density at radius 3 is 2.65 bits per heavy atom. The van der Waals surface area contributed by atoms with E-state index in [0.717, 1.165) is 18.8 Å². The van der Waals surface area contributed by atoms with E-state index in [0.29, 0.717) is 11.6 Å². The van der Waals surface area contributed by atoms with Crippen LogP contribution in [0.2, 0.25) is 0 Å². The van der Waals surface area contributed by atoms with Gasteiger partial charge in [-0.05, 0) is 49.8 Å². The van der Waals surface area contributed by atoms with Gasteiger partial charge < -0.3 is 10.4 Å². The molecular weight excluding hydrogens is 214 g/mol. The fraction of sp³-hybridized carbons (Fsp3) is 0.500. The van der Waals surface area contributed by atoms with Crippen molar-refractivity contribution in [1.29, 1.82) is 0 Å². The molecular formula is C14H19NO2. The molecule has 1 aliphatic carbocycles. The maximum atomic E-state index is 11.9. The minimum atomic E-state index is -0.0829. The molecule has 1 aromatic carbocycles. The predicted octanol–water partition coefficient (Wildman–Crippen LogP) is 2.70. The fourth-order valence-electron chi connectivity index (χ4n) is 2.32. The van der Waals surface area contributed by atoms with Crippen molar-refractivity contribution in [1.82, 2.24) is 5.32 Å². The summed E-state index contributed by atoms with van der Waals surface area (Å²) in [6, 6.07) is 6.77. The van der Waals surface area contributed by atoms with Gasteiger partial charge in [0, 0.05) is 11.6 Å². The van der Waals surface area contributed by atoms with E-state index >= 15 is 0 Å². The lowest BCUT2D eigenvalue weighted by Crippen LogP contribution is -2.37. The molecule has 3 nitrogen and oxygen atoms in total. The Bertz CT molecular complexity index is 395. The van der Waals surface area contributed by atoms with Crippen LogP contribution in [0.3, 0.4) is 0 Å². The number of nitrogens with one attached hydrogen (secondary N) is 1. The van der Waals surface area contributed by atoms with Crippen LogP contribution in [0.4, 0.5) is 0 Å². The van der Waals surface area contributed by atoms with Gasteiger partial charge in [-0.1, -0.05) is 13.0 Å². The molecule has 0 saturated heterocycles. The second-order valence-electron chi connectivity index (χ2n) is 4.98. The molecule has 0 radical (unpaired) electrons. The second-order valence-corrected chi connectivity index (χ2v) is 4.98. The monoisotopic (exact) mass is 233 g/mol. The average molecular weight is 233 g/mol. The first-order valence-corrected chi connectivity index (χ1v) is 6.25. The molecule has 3 heteroatoms. The van der Waals surface area contributed by atoms with Crippen molar-refractivity contribution in [3.8, 4) is 5.75 Å². The van der Waals surface area contributed by atoms with Gasteiger partial charge in [-0.15, -0.1) is 0 Å². The summed E-state index contributed by atoms with van der Waals surface area (Å²) < 4.78 is 0. The molecule has 0 atom stereocenters. The predicted molar refractivity (Wildman–Crippen MR) is 67.0 cm³/mol. The molecule has 92 valence electrons. The summed E-state index contributed by atoms with van der Waals surface area (Å²) in [5.41, 5.74) is 0.531. The number of benzene rings is 1. The van der Waals surface area contributed by atoms with Crippen LogP contribution in [-0.2, 0) is 0 Å². The van der Waals surface area contributed by atoms with Gasteiger partial charge in [0.15, 0.2) is 0 Å². The van der Waals surface area contributed by atoms with Crippen molar-refractivity contribution in [3.05, 3.63) is 29.8 Å². The Kier molecular flexibility index (Phi) is 3.67. The highest BCUT2D eigenvalue weighted by molar-refractivity contribution is 5.94. The molecule has 0 aromatic heterocycles. The van der Waals surface area contributed by atoms with E-state index in [9.17, 15) is 9.90 Å². The van der Waals surface area contributed by atoms with E-state index < -0.39 is 0 Å².